The van der Waals surface area contributed by atoms with E-state index in [-0.39, 0.29) is 5.95 Å². The molecule has 2 rings (SSSR count). The highest BCUT2D eigenvalue weighted by atomic mass is 79.9. The second-order valence-electron chi connectivity index (χ2n) is 3.01. The van der Waals surface area contributed by atoms with Crippen LogP contribution < -0.4 is 5.73 Å². The zero-order chi connectivity index (χ0) is 10.8. The molecule has 7 heteroatoms. The van der Waals surface area contributed by atoms with Crippen molar-refractivity contribution >= 4 is 21.9 Å². The number of nitrogens with two attached hydrogens (primary N) is 1. The lowest BCUT2D eigenvalue weighted by Gasteiger charge is -2.01. The molecule has 78 valence electrons. The fraction of sp³-hybridized carbons (Fsp3) is 0.250. The molecule has 15 heavy (non-hydrogen) atoms. The van der Waals surface area contributed by atoms with Gasteiger partial charge in [0.15, 0.2) is 4.73 Å². The summed E-state index contributed by atoms with van der Waals surface area (Å²) in [7, 11) is 0. The summed E-state index contributed by atoms with van der Waals surface area (Å²) < 4.78 is 2.18. The maximum atomic E-state index is 5.45. The standard InChI is InChI=1S/C8H9BrN6/c1-5-2-3-11-6(12-5)4-15-7(9)13-8(10)14-15/h2-3H,4H2,1H3,(H2,10,14). The van der Waals surface area contributed by atoms with Crippen LogP contribution in [0.25, 0.3) is 0 Å². The number of hydrogen-bond donors (Lipinski definition) is 1. The summed E-state index contributed by atoms with van der Waals surface area (Å²) >= 11 is 3.25. The monoisotopic (exact) mass is 268 g/mol. The molecule has 0 aliphatic carbocycles. The molecule has 0 bridgehead atoms. The number of hydrogen-bond acceptors (Lipinski definition) is 5. The maximum Gasteiger partial charge on any atom is 0.240 e. The molecule has 0 spiro atoms. The molecule has 0 aliphatic heterocycles. The minimum Gasteiger partial charge on any atom is -0.366 e. The summed E-state index contributed by atoms with van der Waals surface area (Å²) in [5.41, 5.74) is 6.37. The predicted molar refractivity (Wildman–Crippen MR) is 58.0 cm³/mol. The quantitative estimate of drug-likeness (QED) is 0.870. The van der Waals surface area contributed by atoms with Crippen LogP contribution in [0.2, 0.25) is 0 Å². The predicted octanol–water partition coefficient (Wildman–Crippen LogP) is 0.770. The van der Waals surface area contributed by atoms with E-state index >= 15 is 0 Å². The molecule has 2 N–H and O–H groups in total. The Morgan fingerprint density at radius 1 is 1.47 bits per heavy atom. The third-order valence-electron chi connectivity index (χ3n) is 1.78. The van der Waals surface area contributed by atoms with Crippen LogP contribution in [0.3, 0.4) is 0 Å². The number of rotatable bonds is 2. The van der Waals surface area contributed by atoms with E-state index in [1.807, 2.05) is 13.0 Å². The number of nitrogen functional groups attached to an aromatic ring is 1. The number of halogens is 1. The summed E-state index contributed by atoms with van der Waals surface area (Å²) in [4.78, 5) is 12.3. The Bertz CT molecular complexity index is 480. The third kappa shape index (κ3) is 2.30. The highest BCUT2D eigenvalue weighted by Gasteiger charge is 2.06. The Labute approximate surface area is 94.7 Å². The summed E-state index contributed by atoms with van der Waals surface area (Å²) in [6, 6.07) is 1.84. The molecule has 2 heterocycles. The lowest BCUT2D eigenvalue weighted by molar-refractivity contribution is 0.638. The van der Waals surface area contributed by atoms with E-state index in [1.165, 1.54) is 0 Å². The Balaban J connectivity index is 2.25. The summed E-state index contributed by atoms with van der Waals surface area (Å²) in [6.07, 6.45) is 1.71. The molecule has 2 aromatic heterocycles. The van der Waals surface area contributed by atoms with Crippen molar-refractivity contribution in [2.45, 2.75) is 13.5 Å². The summed E-state index contributed by atoms with van der Waals surface area (Å²) in [5, 5.41) is 3.99. The Hall–Kier alpha value is -1.50. The van der Waals surface area contributed by atoms with Gasteiger partial charge in [0.25, 0.3) is 0 Å². The SMILES string of the molecule is Cc1ccnc(Cn2nc(N)nc2Br)n1. The van der Waals surface area contributed by atoms with Crippen LogP contribution in [0.1, 0.15) is 11.5 Å². The van der Waals surface area contributed by atoms with Crippen molar-refractivity contribution in [2.75, 3.05) is 5.73 Å². The molecule has 0 saturated heterocycles. The molecular formula is C8H9BrN6. The highest BCUT2D eigenvalue weighted by Crippen LogP contribution is 2.09. The van der Waals surface area contributed by atoms with Gasteiger partial charge in [-0.3, -0.25) is 0 Å². The van der Waals surface area contributed by atoms with Crippen LogP contribution in [0, 0.1) is 6.92 Å². The van der Waals surface area contributed by atoms with Gasteiger partial charge in [-0.15, -0.1) is 5.10 Å². The van der Waals surface area contributed by atoms with Gasteiger partial charge in [-0.05, 0) is 28.9 Å². The van der Waals surface area contributed by atoms with Gasteiger partial charge in [0.1, 0.15) is 12.4 Å². The van der Waals surface area contributed by atoms with E-state index in [0.29, 0.717) is 17.1 Å². The first kappa shape index (κ1) is 10.0. The fourth-order valence-electron chi connectivity index (χ4n) is 1.15. The van der Waals surface area contributed by atoms with Gasteiger partial charge in [0.2, 0.25) is 5.95 Å². The largest absolute Gasteiger partial charge is 0.366 e. The van der Waals surface area contributed by atoms with Crippen molar-refractivity contribution in [3.05, 3.63) is 28.5 Å². The molecule has 0 radical (unpaired) electrons. The van der Waals surface area contributed by atoms with Crippen molar-refractivity contribution in [3.63, 3.8) is 0 Å². The van der Waals surface area contributed by atoms with Gasteiger partial charge in [-0.2, -0.15) is 4.98 Å². The van der Waals surface area contributed by atoms with Crippen LogP contribution in [0.15, 0.2) is 17.0 Å². The van der Waals surface area contributed by atoms with Gasteiger partial charge in [0, 0.05) is 11.9 Å². The second kappa shape index (κ2) is 3.93. The molecular weight excluding hydrogens is 260 g/mol. The van der Waals surface area contributed by atoms with E-state index in [4.69, 9.17) is 5.73 Å². The average Bonchev–Trinajstić information content (AvgIpc) is 2.45. The Kier molecular flexibility index (Phi) is 2.63. The van der Waals surface area contributed by atoms with E-state index in [1.54, 1.807) is 10.9 Å². The van der Waals surface area contributed by atoms with Crippen molar-refractivity contribution < 1.29 is 0 Å². The van der Waals surface area contributed by atoms with E-state index in [2.05, 4.69) is 36.0 Å². The van der Waals surface area contributed by atoms with Crippen LogP contribution >= 0.6 is 15.9 Å². The zero-order valence-corrected chi connectivity index (χ0v) is 9.64. The van der Waals surface area contributed by atoms with Crippen molar-refractivity contribution in [1.29, 1.82) is 0 Å². The minimum absolute atomic E-state index is 0.231. The van der Waals surface area contributed by atoms with Crippen molar-refractivity contribution in [2.24, 2.45) is 0 Å². The third-order valence-corrected chi connectivity index (χ3v) is 2.37. The van der Waals surface area contributed by atoms with Crippen LogP contribution in [-0.2, 0) is 6.54 Å². The molecule has 0 atom stereocenters. The number of aromatic nitrogens is 5. The summed E-state index contributed by atoms with van der Waals surface area (Å²) in [6.45, 7) is 2.36. The Morgan fingerprint density at radius 3 is 2.87 bits per heavy atom. The van der Waals surface area contributed by atoms with Crippen molar-refractivity contribution in [3.8, 4) is 0 Å². The molecule has 0 amide bonds. The van der Waals surface area contributed by atoms with E-state index in [0.717, 1.165) is 5.69 Å². The fourth-order valence-corrected chi connectivity index (χ4v) is 1.54. The average molecular weight is 269 g/mol. The van der Waals surface area contributed by atoms with Gasteiger partial charge >= 0.3 is 0 Å². The number of aryl methyl sites for hydroxylation is 1. The molecule has 0 aromatic carbocycles. The maximum absolute atomic E-state index is 5.45. The number of nitrogens with zero attached hydrogens (tertiary/aromatic N) is 5. The first-order chi connectivity index (χ1) is 7.15. The van der Waals surface area contributed by atoms with Gasteiger partial charge in [0.05, 0.1) is 0 Å². The Morgan fingerprint density at radius 2 is 2.27 bits per heavy atom. The normalized spacial score (nSPS) is 10.5. The lowest BCUT2D eigenvalue weighted by atomic mass is 10.4. The second-order valence-corrected chi connectivity index (χ2v) is 3.72. The molecule has 0 saturated carbocycles. The van der Waals surface area contributed by atoms with Gasteiger partial charge in [-0.1, -0.05) is 0 Å². The molecule has 0 fully saturated rings. The van der Waals surface area contributed by atoms with Crippen molar-refractivity contribution in [1.82, 2.24) is 24.7 Å². The lowest BCUT2D eigenvalue weighted by Crippen LogP contribution is -2.07. The van der Waals surface area contributed by atoms with Crippen LogP contribution in [0.5, 0.6) is 0 Å². The van der Waals surface area contributed by atoms with Gasteiger partial charge < -0.3 is 5.73 Å². The molecule has 0 unspecified atom stereocenters. The summed E-state index contributed by atoms with van der Waals surface area (Å²) in [5.74, 6) is 0.912. The van der Waals surface area contributed by atoms with Gasteiger partial charge in [-0.25, -0.2) is 14.6 Å². The molecule has 6 nitrogen and oxygen atoms in total. The van der Waals surface area contributed by atoms with Crippen LogP contribution in [-0.4, -0.2) is 24.7 Å². The topological polar surface area (TPSA) is 82.5 Å². The van der Waals surface area contributed by atoms with E-state index in [9.17, 15) is 0 Å². The van der Waals surface area contributed by atoms with E-state index < -0.39 is 0 Å². The zero-order valence-electron chi connectivity index (χ0n) is 8.05. The van der Waals surface area contributed by atoms with Crippen LogP contribution in [0.4, 0.5) is 5.95 Å². The smallest absolute Gasteiger partial charge is 0.240 e. The first-order valence-corrected chi connectivity index (χ1v) is 5.09. The molecule has 0 aliphatic rings. The minimum atomic E-state index is 0.231. The molecule has 2 aromatic rings. The first-order valence-electron chi connectivity index (χ1n) is 4.29. The number of anilines is 1. The highest BCUT2D eigenvalue weighted by molar-refractivity contribution is 9.10.